The lowest BCUT2D eigenvalue weighted by atomic mass is 10.0. The smallest absolute Gasteiger partial charge is 0.191 e. The van der Waals surface area contributed by atoms with E-state index in [-0.39, 0.29) is 47.3 Å². The van der Waals surface area contributed by atoms with E-state index in [1.807, 2.05) is 6.92 Å². The molecule has 1 aromatic rings. The number of ether oxygens (including phenoxy) is 1. The zero-order valence-electron chi connectivity index (χ0n) is 16.4. The van der Waals surface area contributed by atoms with Crippen LogP contribution in [0.5, 0.6) is 0 Å². The van der Waals surface area contributed by atoms with Crippen molar-refractivity contribution >= 4 is 39.8 Å². The van der Waals surface area contributed by atoms with Gasteiger partial charge in [-0.2, -0.15) is 0 Å². The Hall–Kier alpha value is -0.940. The Morgan fingerprint density at radius 3 is 2.41 bits per heavy atom. The van der Waals surface area contributed by atoms with Crippen molar-refractivity contribution in [2.75, 3.05) is 32.5 Å². The first kappa shape index (κ1) is 26.1. The quantitative estimate of drug-likeness (QED) is 0.285. The van der Waals surface area contributed by atoms with Crippen LogP contribution in [0.4, 0.5) is 4.39 Å². The Morgan fingerprint density at radius 2 is 1.85 bits per heavy atom. The Morgan fingerprint density at radius 1 is 1.22 bits per heavy atom. The largest absolute Gasteiger partial charge is 0.378 e. The van der Waals surface area contributed by atoms with Crippen LogP contribution in [0, 0.1) is 11.7 Å². The molecule has 1 rings (SSSR count). The zero-order valence-corrected chi connectivity index (χ0v) is 19.5. The molecular formula is C18H31FIN3O3S. The van der Waals surface area contributed by atoms with Gasteiger partial charge in [0.05, 0.1) is 11.9 Å². The summed E-state index contributed by atoms with van der Waals surface area (Å²) in [6.07, 6.45) is 0.978. The Kier molecular flexibility index (Phi) is 12.8. The second kappa shape index (κ2) is 13.3. The molecule has 9 heteroatoms. The van der Waals surface area contributed by atoms with Crippen LogP contribution in [0.1, 0.15) is 27.2 Å². The fourth-order valence-electron chi connectivity index (χ4n) is 2.49. The summed E-state index contributed by atoms with van der Waals surface area (Å²) in [5, 5.41) is 6.09. The van der Waals surface area contributed by atoms with E-state index in [1.54, 1.807) is 7.05 Å². The molecule has 1 unspecified atom stereocenters. The first-order chi connectivity index (χ1) is 12.3. The lowest BCUT2D eigenvalue weighted by Gasteiger charge is -2.21. The van der Waals surface area contributed by atoms with Crippen molar-refractivity contribution in [3.05, 3.63) is 30.1 Å². The Bertz CT molecular complexity index is 684. The summed E-state index contributed by atoms with van der Waals surface area (Å²) in [6.45, 7) is 7.66. The topological polar surface area (TPSA) is 79.8 Å². The number of guanidine groups is 1. The van der Waals surface area contributed by atoms with Gasteiger partial charge in [-0.3, -0.25) is 4.99 Å². The molecule has 0 aliphatic carbocycles. The number of hydrogen-bond acceptors (Lipinski definition) is 4. The minimum Gasteiger partial charge on any atom is -0.378 e. The van der Waals surface area contributed by atoms with Gasteiger partial charge in [0.25, 0.3) is 0 Å². The zero-order chi connectivity index (χ0) is 19.6. The number of rotatable bonds is 10. The van der Waals surface area contributed by atoms with Gasteiger partial charge < -0.3 is 15.4 Å². The number of sulfone groups is 1. The van der Waals surface area contributed by atoms with E-state index in [0.717, 1.165) is 12.5 Å². The van der Waals surface area contributed by atoms with Crippen molar-refractivity contribution in [1.29, 1.82) is 0 Å². The van der Waals surface area contributed by atoms with Gasteiger partial charge in [0.15, 0.2) is 15.8 Å². The molecular weight excluding hydrogens is 484 g/mol. The molecule has 0 aliphatic rings. The standard InChI is InChI=1S/C18H30FN3O3S.HI/c1-5-25-16(14(2)3)10-11-21-18(20-4)22-12-13-26(23,24)17-9-7-6-8-15(17)19;/h6-9,14,16H,5,10-13H2,1-4H3,(H2,20,21,22);1H. The van der Waals surface area contributed by atoms with Crippen LogP contribution in [-0.4, -0.2) is 53.0 Å². The van der Waals surface area contributed by atoms with Crippen LogP contribution in [0.2, 0.25) is 0 Å². The number of nitrogens with one attached hydrogen (secondary N) is 2. The van der Waals surface area contributed by atoms with Gasteiger partial charge in [-0.15, -0.1) is 24.0 Å². The summed E-state index contributed by atoms with van der Waals surface area (Å²) in [5.41, 5.74) is 0. The first-order valence-electron chi connectivity index (χ1n) is 8.85. The van der Waals surface area contributed by atoms with E-state index in [2.05, 4.69) is 29.5 Å². The van der Waals surface area contributed by atoms with Gasteiger partial charge in [-0.05, 0) is 31.4 Å². The molecule has 1 atom stereocenters. The second-order valence-corrected chi connectivity index (χ2v) is 8.28. The molecule has 1 aromatic carbocycles. The lowest BCUT2D eigenvalue weighted by Crippen LogP contribution is -2.41. The predicted octanol–water partition coefficient (Wildman–Crippen LogP) is 2.83. The molecule has 2 N–H and O–H groups in total. The Balaban J connectivity index is 0.00000676. The third-order valence-corrected chi connectivity index (χ3v) is 5.65. The van der Waals surface area contributed by atoms with Crippen molar-refractivity contribution < 1.29 is 17.5 Å². The highest BCUT2D eigenvalue weighted by atomic mass is 127. The maximum Gasteiger partial charge on any atom is 0.191 e. The van der Waals surface area contributed by atoms with Crippen LogP contribution in [-0.2, 0) is 14.6 Å². The van der Waals surface area contributed by atoms with Crippen molar-refractivity contribution in [3.8, 4) is 0 Å². The van der Waals surface area contributed by atoms with Gasteiger partial charge in [0, 0.05) is 26.7 Å². The van der Waals surface area contributed by atoms with Gasteiger partial charge in [-0.25, -0.2) is 12.8 Å². The molecule has 156 valence electrons. The van der Waals surface area contributed by atoms with E-state index in [1.165, 1.54) is 18.2 Å². The van der Waals surface area contributed by atoms with Gasteiger partial charge in [-0.1, -0.05) is 26.0 Å². The molecule has 0 fully saturated rings. The minimum atomic E-state index is -3.69. The van der Waals surface area contributed by atoms with Gasteiger partial charge in [0.1, 0.15) is 10.7 Å². The lowest BCUT2D eigenvalue weighted by molar-refractivity contribution is 0.0258. The third-order valence-electron chi connectivity index (χ3n) is 3.90. The molecule has 6 nitrogen and oxygen atoms in total. The average Bonchev–Trinajstić information content (AvgIpc) is 2.59. The summed E-state index contributed by atoms with van der Waals surface area (Å²) in [6, 6.07) is 5.39. The van der Waals surface area contributed by atoms with Crippen molar-refractivity contribution in [2.24, 2.45) is 10.9 Å². The highest BCUT2D eigenvalue weighted by Crippen LogP contribution is 2.14. The van der Waals surface area contributed by atoms with Crippen LogP contribution in [0.3, 0.4) is 0 Å². The minimum absolute atomic E-state index is 0. The van der Waals surface area contributed by atoms with E-state index in [0.29, 0.717) is 25.0 Å². The molecule has 0 spiro atoms. The third kappa shape index (κ3) is 9.20. The molecule has 0 saturated heterocycles. The molecule has 0 bridgehead atoms. The van der Waals surface area contributed by atoms with E-state index < -0.39 is 15.7 Å². The summed E-state index contributed by atoms with van der Waals surface area (Å²) >= 11 is 0. The highest BCUT2D eigenvalue weighted by Gasteiger charge is 2.18. The number of benzene rings is 1. The molecule has 0 radical (unpaired) electrons. The van der Waals surface area contributed by atoms with Crippen LogP contribution < -0.4 is 10.6 Å². The monoisotopic (exact) mass is 515 g/mol. The number of aliphatic imine (C=N–C) groups is 1. The molecule has 0 aromatic heterocycles. The van der Waals surface area contributed by atoms with E-state index >= 15 is 0 Å². The Labute approximate surface area is 179 Å². The molecule has 0 aliphatic heterocycles. The normalized spacial score (nSPS) is 13.2. The maximum absolute atomic E-state index is 13.7. The van der Waals surface area contributed by atoms with Crippen molar-refractivity contribution in [3.63, 3.8) is 0 Å². The fourth-order valence-corrected chi connectivity index (χ4v) is 3.73. The summed E-state index contributed by atoms with van der Waals surface area (Å²) in [4.78, 5) is 3.79. The molecule has 0 heterocycles. The SMILES string of the molecule is CCOC(CCNC(=NC)NCCS(=O)(=O)c1ccccc1F)C(C)C.I. The van der Waals surface area contributed by atoms with Gasteiger partial charge >= 0.3 is 0 Å². The number of nitrogens with zero attached hydrogens (tertiary/aromatic N) is 1. The van der Waals surface area contributed by atoms with E-state index in [9.17, 15) is 12.8 Å². The second-order valence-electron chi connectivity index (χ2n) is 6.20. The highest BCUT2D eigenvalue weighted by molar-refractivity contribution is 14.0. The predicted molar refractivity (Wildman–Crippen MR) is 118 cm³/mol. The van der Waals surface area contributed by atoms with E-state index in [4.69, 9.17) is 4.74 Å². The van der Waals surface area contributed by atoms with Crippen molar-refractivity contribution in [1.82, 2.24) is 10.6 Å². The molecule has 27 heavy (non-hydrogen) atoms. The summed E-state index contributed by atoms with van der Waals surface area (Å²) < 4.78 is 43.8. The first-order valence-corrected chi connectivity index (χ1v) is 10.5. The summed E-state index contributed by atoms with van der Waals surface area (Å²) in [7, 11) is -2.07. The van der Waals surface area contributed by atoms with Crippen LogP contribution in [0.15, 0.2) is 34.2 Å². The average molecular weight is 515 g/mol. The van der Waals surface area contributed by atoms with Crippen molar-refractivity contribution in [2.45, 2.75) is 38.2 Å². The van der Waals surface area contributed by atoms with Gasteiger partial charge in [0.2, 0.25) is 0 Å². The maximum atomic E-state index is 13.7. The number of halogens is 2. The van der Waals surface area contributed by atoms with Crippen LogP contribution in [0.25, 0.3) is 0 Å². The van der Waals surface area contributed by atoms with Crippen LogP contribution >= 0.6 is 24.0 Å². The number of hydrogen-bond donors (Lipinski definition) is 2. The molecule has 0 amide bonds. The molecule has 0 saturated carbocycles. The summed E-state index contributed by atoms with van der Waals surface area (Å²) in [5.74, 6) is -0.0293. The fraction of sp³-hybridized carbons (Fsp3) is 0.611.